The summed E-state index contributed by atoms with van der Waals surface area (Å²) in [5.41, 5.74) is 0. The number of hydrogen-bond acceptors (Lipinski definition) is 4. The van der Waals surface area contributed by atoms with Gasteiger partial charge >= 0.3 is 23.8 Å². The Morgan fingerprint density at radius 2 is 1.81 bits per heavy atom. The van der Waals surface area contributed by atoms with Gasteiger partial charge in [0.15, 0.2) is 0 Å². The lowest BCUT2D eigenvalue weighted by Gasteiger charge is -2.34. The highest BCUT2D eigenvalue weighted by Gasteiger charge is 2.37. The maximum atomic E-state index is 12.2. The molecule has 0 saturated carbocycles. The van der Waals surface area contributed by atoms with Gasteiger partial charge in [0.05, 0.1) is 0 Å². The molecule has 0 aromatic rings. The second-order valence-electron chi connectivity index (χ2n) is 5.27. The Labute approximate surface area is 122 Å². The Bertz CT molecular complexity index is 448. The summed E-state index contributed by atoms with van der Waals surface area (Å²) in [6, 6.07) is -1.49. The van der Waals surface area contributed by atoms with E-state index in [0.29, 0.717) is 19.3 Å². The number of carboxylic acids is 2. The summed E-state index contributed by atoms with van der Waals surface area (Å²) in [6.07, 6.45) is 1.61. The van der Waals surface area contributed by atoms with Crippen LogP contribution in [-0.4, -0.2) is 68.9 Å². The van der Waals surface area contributed by atoms with Crippen molar-refractivity contribution in [3.05, 3.63) is 0 Å². The van der Waals surface area contributed by atoms with E-state index < -0.39 is 42.4 Å². The molecule has 2 N–H and O–H groups in total. The minimum absolute atomic E-state index is 0.195. The molecule has 1 saturated heterocycles. The van der Waals surface area contributed by atoms with Crippen LogP contribution in [-0.2, 0) is 19.2 Å². The number of rotatable bonds is 4. The average Bonchev–Trinajstić information content (AvgIpc) is 2.42. The van der Waals surface area contributed by atoms with Crippen LogP contribution in [0.2, 0.25) is 0 Å². The Morgan fingerprint density at radius 3 is 2.29 bits per heavy atom. The summed E-state index contributed by atoms with van der Waals surface area (Å²) in [7, 11) is 0. The predicted molar refractivity (Wildman–Crippen MR) is 71.5 cm³/mol. The zero-order valence-electron chi connectivity index (χ0n) is 12.1. The first kappa shape index (κ1) is 16.9. The van der Waals surface area contributed by atoms with Gasteiger partial charge in [-0.3, -0.25) is 14.4 Å². The lowest BCUT2D eigenvalue weighted by Crippen LogP contribution is -2.55. The third-order valence-corrected chi connectivity index (χ3v) is 3.42. The smallest absolute Gasteiger partial charge is 0.326 e. The highest BCUT2D eigenvalue weighted by Crippen LogP contribution is 2.18. The normalized spacial score (nSPS) is 18.4. The quantitative estimate of drug-likeness (QED) is 0.693. The van der Waals surface area contributed by atoms with Gasteiger partial charge in [0.25, 0.3) is 0 Å². The molecule has 1 fully saturated rings. The van der Waals surface area contributed by atoms with E-state index in [9.17, 15) is 19.2 Å². The van der Waals surface area contributed by atoms with Gasteiger partial charge < -0.3 is 20.0 Å². The first-order valence-corrected chi connectivity index (χ1v) is 6.81. The van der Waals surface area contributed by atoms with Gasteiger partial charge in [-0.25, -0.2) is 4.79 Å². The second-order valence-corrected chi connectivity index (χ2v) is 5.27. The first-order chi connectivity index (χ1) is 9.75. The van der Waals surface area contributed by atoms with Gasteiger partial charge in [0.2, 0.25) is 0 Å². The molecule has 1 atom stereocenters. The average molecular weight is 300 g/mol. The van der Waals surface area contributed by atoms with Crippen LogP contribution in [0.5, 0.6) is 0 Å². The van der Waals surface area contributed by atoms with Crippen LogP contribution in [0, 0.1) is 0 Å². The number of hydrogen-bond donors (Lipinski definition) is 2. The standard InChI is InChI=1S/C13H20N2O6/c1-8(2)15(7-10(16)17)12(19)11(18)14-6-4-3-5-9(14)13(20)21/h8-9H,3-7H2,1-2H3,(H,16,17)(H,20,21)/t9-/m1/s1. The third kappa shape index (κ3) is 4.17. The number of carbonyl (C=O) groups is 4. The van der Waals surface area contributed by atoms with Gasteiger partial charge in [0, 0.05) is 12.6 Å². The molecule has 1 rings (SSSR count). The number of likely N-dealkylation sites (tertiary alicyclic amines) is 1. The van der Waals surface area contributed by atoms with Crippen molar-refractivity contribution < 1.29 is 29.4 Å². The number of carbonyl (C=O) groups excluding carboxylic acids is 2. The van der Waals surface area contributed by atoms with Gasteiger partial charge in [-0.05, 0) is 33.1 Å². The lowest BCUT2D eigenvalue weighted by molar-refractivity contribution is -0.161. The Kier molecular flexibility index (Phi) is 5.69. The largest absolute Gasteiger partial charge is 0.480 e. The number of aliphatic carboxylic acids is 2. The fraction of sp³-hybridized carbons (Fsp3) is 0.692. The van der Waals surface area contributed by atoms with E-state index in [0.717, 1.165) is 9.80 Å². The SMILES string of the molecule is CC(C)N(CC(=O)O)C(=O)C(=O)N1CCCC[C@@H]1C(=O)O. The Balaban J connectivity index is 2.90. The van der Waals surface area contributed by atoms with E-state index >= 15 is 0 Å². The summed E-state index contributed by atoms with van der Waals surface area (Å²) < 4.78 is 0. The van der Waals surface area contributed by atoms with Crippen molar-refractivity contribution in [3.63, 3.8) is 0 Å². The summed E-state index contributed by atoms with van der Waals surface area (Å²) in [4.78, 5) is 48.3. The molecule has 1 aliphatic rings. The maximum absolute atomic E-state index is 12.2. The molecule has 8 nitrogen and oxygen atoms in total. The number of nitrogens with zero attached hydrogens (tertiary/aromatic N) is 2. The van der Waals surface area contributed by atoms with Crippen molar-refractivity contribution in [2.45, 2.75) is 45.2 Å². The van der Waals surface area contributed by atoms with Crippen molar-refractivity contribution in [3.8, 4) is 0 Å². The van der Waals surface area contributed by atoms with Gasteiger partial charge in [-0.1, -0.05) is 0 Å². The van der Waals surface area contributed by atoms with Crippen LogP contribution < -0.4 is 0 Å². The van der Waals surface area contributed by atoms with Crippen LogP contribution in [0.25, 0.3) is 0 Å². The molecule has 1 heterocycles. The van der Waals surface area contributed by atoms with Crippen LogP contribution >= 0.6 is 0 Å². The first-order valence-electron chi connectivity index (χ1n) is 6.81. The monoisotopic (exact) mass is 300 g/mol. The van der Waals surface area contributed by atoms with E-state index in [4.69, 9.17) is 10.2 Å². The molecule has 2 amide bonds. The molecule has 0 spiro atoms. The zero-order chi connectivity index (χ0) is 16.2. The van der Waals surface area contributed by atoms with E-state index in [1.165, 1.54) is 0 Å². The van der Waals surface area contributed by atoms with E-state index in [1.54, 1.807) is 13.8 Å². The molecular weight excluding hydrogens is 280 g/mol. The van der Waals surface area contributed by atoms with Gasteiger partial charge in [-0.2, -0.15) is 0 Å². The van der Waals surface area contributed by atoms with Crippen molar-refractivity contribution in [2.24, 2.45) is 0 Å². The molecule has 0 aromatic carbocycles. The molecule has 21 heavy (non-hydrogen) atoms. The van der Waals surface area contributed by atoms with Crippen molar-refractivity contribution in [1.29, 1.82) is 0 Å². The summed E-state index contributed by atoms with van der Waals surface area (Å²) in [5, 5.41) is 17.9. The summed E-state index contributed by atoms with van der Waals surface area (Å²) in [5.74, 6) is -4.29. The second kappa shape index (κ2) is 7.05. The number of piperidine rings is 1. The minimum atomic E-state index is -1.22. The predicted octanol–water partition coefficient (Wildman–Crippen LogP) is -0.226. The van der Waals surface area contributed by atoms with Crippen molar-refractivity contribution >= 4 is 23.8 Å². The third-order valence-electron chi connectivity index (χ3n) is 3.42. The topological polar surface area (TPSA) is 115 Å². The molecule has 8 heteroatoms. The fourth-order valence-corrected chi connectivity index (χ4v) is 2.31. The highest BCUT2D eigenvalue weighted by atomic mass is 16.4. The molecule has 118 valence electrons. The fourth-order valence-electron chi connectivity index (χ4n) is 2.31. The molecule has 0 bridgehead atoms. The minimum Gasteiger partial charge on any atom is -0.480 e. The Morgan fingerprint density at radius 1 is 1.19 bits per heavy atom. The van der Waals surface area contributed by atoms with Gasteiger partial charge in [0.1, 0.15) is 12.6 Å². The van der Waals surface area contributed by atoms with E-state index in [1.807, 2.05) is 0 Å². The molecule has 1 aliphatic heterocycles. The number of carboxylic acid groups (broad SMARTS) is 2. The van der Waals surface area contributed by atoms with Gasteiger partial charge in [-0.15, -0.1) is 0 Å². The zero-order valence-corrected chi connectivity index (χ0v) is 12.1. The maximum Gasteiger partial charge on any atom is 0.326 e. The number of amides is 2. The van der Waals surface area contributed by atoms with Crippen LogP contribution in [0.1, 0.15) is 33.1 Å². The Hall–Kier alpha value is -2.12. The van der Waals surface area contributed by atoms with Crippen LogP contribution in [0.3, 0.4) is 0 Å². The molecule has 0 radical (unpaired) electrons. The molecule has 0 aliphatic carbocycles. The van der Waals surface area contributed by atoms with E-state index in [2.05, 4.69) is 0 Å². The van der Waals surface area contributed by atoms with Crippen molar-refractivity contribution in [1.82, 2.24) is 9.80 Å². The lowest BCUT2D eigenvalue weighted by atomic mass is 10.0. The van der Waals surface area contributed by atoms with Crippen LogP contribution in [0.15, 0.2) is 0 Å². The van der Waals surface area contributed by atoms with Crippen LogP contribution in [0.4, 0.5) is 0 Å². The highest BCUT2D eigenvalue weighted by molar-refractivity contribution is 6.35. The summed E-state index contributed by atoms with van der Waals surface area (Å²) in [6.45, 7) is 2.80. The van der Waals surface area contributed by atoms with Crippen molar-refractivity contribution in [2.75, 3.05) is 13.1 Å². The van der Waals surface area contributed by atoms with E-state index in [-0.39, 0.29) is 6.54 Å². The molecule has 0 aromatic heterocycles. The molecule has 0 unspecified atom stereocenters. The molecular formula is C13H20N2O6. The summed E-state index contributed by atoms with van der Waals surface area (Å²) >= 11 is 0.